The van der Waals surface area contributed by atoms with Gasteiger partial charge in [-0.05, 0) is 26.7 Å². The van der Waals surface area contributed by atoms with Gasteiger partial charge in [-0.2, -0.15) is 0 Å². The molecular weight excluding hydrogens is 194 g/mol. The molecule has 0 saturated carbocycles. The first kappa shape index (κ1) is 10.6. The second-order valence-electron chi connectivity index (χ2n) is 4.99. The van der Waals surface area contributed by atoms with E-state index in [0.717, 1.165) is 12.8 Å². The van der Waals surface area contributed by atoms with Gasteiger partial charge in [-0.3, -0.25) is 9.59 Å². The van der Waals surface area contributed by atoms with Crippen LogP contribution in [-0.4, -0.2) is 41.4 Å². The maximum absolute atomic E-state index is 11.6. The van der Waals surface area contributed by atoms with E-state index in [4.69, 9.17) is 4.74 Å². The van der Waals surface area contributed by atoms with Crippen LogP contribution < -0.4 is 0 Å². The third-order valence-corrected chi connectivity index (χ3v) is 3.13. The first-order valence-electron chi connectivity index (χ1n) is 5.43. The zero-order chi connectivity index (χ0) is 11.1. The van der Waals surface area contributed by atoms with Crippen LogP contribution in [0.4, 0.5) is 0 Å². The van der Waals surface area contributed by atoms with E-state index in [1.807, 2.05) is 13.8 Å². The summed E-state index contributed by atoms with van der Waals surface area (Å²) in [6.07, 6.45) is 1.77. The molecule has 4 nitrogen and oxygen atoms in total. The molecule has 2 fully saturated rings. The van der Waals surface area contributed by atoms with Gasteiger partial charge in [0.25, 0.3) is 0 Å². The first-order valence-corrected chi connectivity index (χ1v) is 5.43. The number of nitrogens with zero attached hydrogens (tertiary/aromatic N) is 1. The number of rotatable bonds is 1. The van der Waals surface area contributed by atoms with Crippen LogP contribution in [0.1, 0.15) is 33.1 Å². The number of likely N-dealkylation sites (tertiary alicyclic amines) is 1. The molecule has 1 amide bonds. The van der Waals surface area contributed by atoms with Crippen molar-refractivity contribution >= 4 is 11.7 Å². The van der Waals surface area contributed by atoms with E-state index in [1.54, 1.807) is 4.90 Å². The summed E-state index contributed by atoms with van der Waals surface area (Å²) in [6, 6.07) is 0.188. The van der Waals surface area contributed by atoms with E-state index in [9.17, 15) is 9.59 Å². The molecule has 2 aliphatic heterocycles. The van der Waals surface area contributed by atoms with Gasteiger partial charge in [0.05, 0.1) is 18.6 Å². The molecule has 2 heterocycles. The van der Waals surface area contributed by atoms with Crippen LogP contribution in [0.5, 0.6) is 0 Å². The van der Waals surface area contributed by atoms with Gasteiger partial charge in [-0.25, -0.2) is 0 Å². The number of hydrogen-bond donors (Lipinski definition) is 0. The van der Waals surface area contributed by atoms with E-state index in [1.165, 1.54) is 0 Å². The zero-order valence-electron chi connectivity index (χ0n) is 9.28. The minimum absolute atomic E-state index is 0.0114. The molecule has 1 unspecified atom stereocenters. The first-order chi connectivity index (χ1) is 6.98. The van der Waals surface area contributed by atoms with Crippen molar-refractivity contribution < 1.29 is 14.3 Å². The van der Waals surface area contributed by atoms with Crippen LogP contribution in [0, 0.1) is 0 Å². The predicted molar refractivity (Wildman–Crippen MR) is 54.4 cm³/mol. The standard InChI is InChI=1S/C11H17NO3/c1-11(2)6-8(3-4-15-11)12-7-9(13)5-10(12)14/h8H,3-7H2,1-2H3. The van der Waals surface area contributed by atoms with Gasteiger partial charge in [0, 0.05) is 12.6 Å². The number of ketones is 1. The lowest BCUT2D eigenvalue weighted by molar-refractivity contribution is -0.135. The van der Waals surface area contributed by atoms with Crippen LogP contribution >= 0.6 is 0 Å². The molecule has 2 rings (SSSR count). The Hall–Kier alpha value is -0.900. The molecule has 2 saturated heterocycles. The largest absolute Gasteiger partial charge is 0.375 e. The number of hydrogen-bond acceptors (Lipinski definition) is 3. The average molecular weight is 211 g/mol. The van der Waals surface area contributed by atoms with Gasteiger partial charge in [0.1, 0.15) is 0 Å². The Bertz CT molecular complexity index is 298. The Morgan fingerprint density at radius 1 is 1.40 bits per heavy atom. The summed E-state index contributed by atoms with van der Waals surface area (Å²) in [5.41, 5.74) is -0.172. The van der Waals surface area contributed by atoms with Crippen molar-refractivity contribution in [3.8, 4) is 0 Å². The van der Waals surface area contributed by atoms with Crippen molar-refractivity contribution in [2.45, 2.75) is 44.8 Å². The second kappa shape index (κ2) is 3.59. The molecule has 0 aromatic rings. The SMILES string of the molecule is CC1(C)CC(N2CC(=O)CC2=O)CCO1. The van der Waals surface area contributed by atoms with E-state index in [-0.39, 0.29) is 29.8 Å². The van der Waals surface area contributed by atoms with Crippen molar-refractivity contribution in [1.82, 2.24) is 4.90 Å². The molecule has 4 heteroatoms. The molecule has 0 aromatic heterocycles. The molecular formula is C11H17NO3. The third-order valence-electron chi connectivity index (χ3n) is 3.13. The number of ether oxygens (including phenoxy) is 1. The van der Waals surface area contributed by atoms with Crippen LogP contribution in [0.15, 0.2) is 0 Å². The van der Waals surface area contributed by atoms with E-state index in [2.05, 4.69) is 0 Å². The average Bonchev–Trinajstić information content (AvgIpc) is 2.43. The van der Waals surface area contributed by atoms with E-state index in [0.29, 0.717) is 13.2 Å². The fourth-order valence-electron chi connectivity index (χ4n) is 2.40. The summed E-state index contributed by atoms with van der Waals surface area (Å²) in [7, 11) is 0. The van der Waals surface area contributed by atoms with Crippen LogP contribution in [-0.2, 0) is 14.3 Å². The summed E-state index contributed by atoms with van der Waals surface area (Å²) < 4.78 is 5.59. The number of Topliss-reactive ketones (excluding diaryl/α,β-unsaturated/α-hetero) is 1. The zero-order valence-corrected chi connectivity index (χ0v) is 9.28. The van der Waals surface area contributed by atoms with Crippen molar-refractivity contribution in [1.29, 1.82) is 0 Å². The second-order valence-corrected chi connectivity index (χ2v) is 4.99. The molecule has 15 heavy (non-hydrogen) atoms. The van der Waals surface area contributed by atoms with Gasteiger partial charge in [-0.1, -0.05) is 0 Å². The molecule has 0 aliphatic carbocycles. The summed E-state index contributed by atoms with van der Waals surface area (Å²) in [6.45, 7) is 5.04. The molecule has 1 atom stereocenters. The van der Waals surface area contributed by atoms with Crippen molar-refractivity contribution in [3.63, 3.8) is 0 Å². The maximum atomic E-state index is 11.6. The number of carbonyl (C=O) groups is 2. The normalized spacial score (nSPS) is 31.1. The van der Waals surface area contributed by atoms with E-state index >= 15 is 0 Å². The highest BCUT2D eigenvalue weighted by molar-refractivity contribution is 6.05. The molecule has 2 aliphatic rings. The number of amides is 1. The van der Waals surface area contributed by atoms with Gasteiger partial charge < -0.3 is 9.64 Å². The molecule has 0 N–H and O–H groups in total. The summed E-state index contributed by atoms with van der Waals surface area (Å²) in [5.74, 6) is 0.0343. The monoisotopic (exact) mass is 211 g/mol. The molecule has 0 radical (unpaired) electrons. The Morgan fingerprint density at radius 2 is 2.13 bits per heavy atom. The highest BCUT2D eigenvalue weighted by atomic mass is 16.5. The van der Waals surface area contributed by atoms with Crippen LogP contribution in [0.3, 0.4) is 0 Å². The van der Waals surface area contributed by atoms with Crippen LogP contribution in [0.25, 0.3) is 0 Å². The Morgan fingerprint density at radius 3 is 2.67 bits per heavy atom. The lowest BCUT2D eigenvalue weighted by atomic mass is 9.93. The minimum atomic E-state index is -0.172. The third kappa shape index (κ3) is 2.20. The lowest BCUT2D eigenvalue weighted by Gasteiger charge is -2.39. The number of carbonyl (C=O) groups excluding carboxylic acids is 2. The Balaban J connectivity index is 2.04. The maximum Gasteiger partial charge on any atom is 0.230 e. The van der Waals surface area contributed by atoms with Gasteiger partial charge >= 0.3 is 0 Å². The minimum Gasteiger partial charge on any atom is -0.375 e. The highest BCUT2D eigenvalue weighted by Gasteiger charge is 2.38. The smallest absolute Gasteiger partial charge is 0.230 e. The Labute approximate surface area is 89.6 Å². The molecule has 0 aromatic carbocycles. The van der Waals surface area contributed by atoms with Crippen molar-refractivity contribution in [3.05, 3.63) is 0 Å². The summed E-state index contributed by atoms with van der Waals surface area (Å²) in [5, 5.41) is 0. The van der Waals surface area contributed by atoms with Gasteiger partial charge in [0.15, 0.2) is 5.78 Å². The fraction of sp³-hybridized carbons (Fsp3) is 0.818. The quantitative estimate of drug-likeness (QED) is 0.601. The highest BCUT2D eigenvalue weighted by Crippen LogP contribution is 2.29. The van der Waals surface area contributed by atoms with E-state index < -0.39 is 0 Å². The van der Waals surface area contributed by atoms with Crippen LogP contribution in [0.2, 0.25) is 0 Å². The fourth-order valence-corrected chi connectivity index (χ4v) is 2.40. The van der Waals surface area contributed by atoms with Gasteiger partial charge in [-0.15, -0.1) is 0 Å². The molecule has 0 bridgehead atoms. The molecule has 0 spiro atoms. The van der Waals surface area contributed by atoms with Crippen molar-refractivity contribution in [2.24, 2.45) is 0 Å². The van der Waals surface area contributed by atoms with Crippen molar-refractivity contribution in [2.75, 3.05) is 13.2 Å². The molecule has 84 valence electrons. The predicted octanol–water partition coefficient (Wildman–Crippen LogP) is 0.745. The topological polar surface area (TPSA) is 46.6 Å². The Kier molecular flexibility index (Phi) is 2.54. The summed E-state index contributed by atoms with van der Waals surface area (Å²) in [4.78, 5) is 24.5. The summed E-state index contributed by atoms with van der Waals surface area (Å²) >= 11 is 0. The van der Waals surface area contributed by atoms with Gasteiger partial charge in [0.2, 0.25) is 5.91 Å². The lowest BCUT2D eigenvalue weighted by Crippen LogP contribution is -2.46.